The smallest absolute Gasteiger partial charge is 0.310 e. The maximum atomic E-state index is 10.6. The fourth-order valence-electron chi connectivity index (χ4n) is 1.92. The number of hydrogen-bond acceptors (Lipinski definition) is 7. The fraction of sp³-hybridized carbons (Fsp3) is 0.250. The third-order valence-electron chi connectivity index (χ3n) is 3.09. The Kier molecular flexibility index (Phi) is 7.29. The summed E-state index contributed by atoms with van der Waals surface area (Å²) in [5.74, 6) is -1.05. The molecule has 0 aliphatic heterocycles. The largest absolute Gasteiger partial charge is 0.502 e. The minimum atomic E-state index is -0.730. The molecule has 0 atom stereocenters. The number of nitro groups is 2. The first kappa shape index (κ1) is 19.8. The van der Waals surface area contributed by atoms with Crippen molar-refractivity contribution in [3.63, 3.8) is 0 Å². The van der Waals surface area contributed by atoms with E-state index in [0.29, 0.717) is 11.1 Å². The van der Waals surface area contributed by atoms with E-state index in [4.69, 9.17) is 4.74 Å². The molecule has 0 aliphatic carbocycles. The lowest BCUT2D eigenvalue weighted by atomic mass is 10.0. The molecule has 9 nitrogen and oxygen atoms in total. The summed E-state index contributed by atoms with van der Waals surface area (Å²) in [5.41, 5.74) is -0.114. The van der Waals surface area contributed by atoms with E-state index in [1.54, 1.807) is 0 Å². The molecule has 2 aromatic carbocycles. The van der Waals surface area contributed by atoms with Crippen LogP contribution in [0.5, 0.6) is 11.5 Å². The van der Waals surface area contributed by atoms with Crippen molar-refractivity contribution in [1.29, 1.82) is 0 Å². The predicted molar refractivity (Wildman–Crippen MR) is 90.7 cm³/mol. The number of nitrogens with zero attached hydrogens (tertiary/aromatic N) is 2. The molecule has 0 saturated heterocycles. The Bertz CT molecular complexity index is 699. The van der Waals surface area contributed by atoms with Crippen molar-refractivity contribution >= 4 is 11.4 Å². The fourth-order valence-corrected chi connectivity index (χ4v) is 1.92. The van der Waals surface area contributed by atoms with Crippen LogP contribution in [0, 0.1) is 20.2 Å². The summed E-state index contributed by atoms with van der Waals surface area (Å²) in [5, 5.41) is 40.2. The van der Waals surface area contributed by atoms with Crippen LogP contribution in [-0.4, -0.2) is 33.3 Å². The first-order valence-corrected chi connectivity index (χ1v) is 7.34. The molecular formula is C16H18N2O7. The molecule has 2 aromatic rings. The van der Waals surface area contributed by atoms with Gasteiger partial charge in [0.2, 0.25) is 0 Å². The third kappa shape index (κ3) is 5.43. The Morgan fingerprint density at radius 1 is 0.840 bits per heavy atom. The number of nitro benzene ring substituents is 2. The number of hydrogen-bond donors (Lipinski definition) is 2. The summed E-state index contributed by atoms with van der Waals surface area (Å²) < 4.78 is 4.83. The lowest BCUT2D eigenvalue weighted by molar-refractivity contribution is -0.386. The van der Waals surface area contributed by atoms with Gasteiger partial charge < -0.3 is 14.9 Å². The SMILES string of the molecule is CCOCC.O=[N+]([O-])c1ccc(-c2ccc([N+](=O)[O-])c(O)c2)cc1O. The number of phenols is 2. The van der Waals surface area contributed by atoms with Crippen molar-refractivity contribution in [2.45, 2.75) is 13.8 Å². The molecule has 25 heavy (non-hydrogen) atoms. The van der Waals surface area contributed by atoms with Gasteiger partial charge >= 0.3 is 11.4 Å². The molecule has 134 valence electrons. The van der Waals surface area contributed by atoms with Crippen LogP contribution >= 0.6 is 0 Å². The first-order valence-electron chi connectivity index (χ1n) is 7.34. The molecule has 0 heterocycles. The number of rotatable bonds is 5. The third-order valence-corrected chi connectivity index (χ3v) is 3.09. The van der Waals surface area contributed by atoms with Crippen molar-refractivity contribution in [3.8, 4) is 22.6 Å². The highest BCUT2D eigenvalue weighted by Gasteiger charge is 2.16. The van der Waals surface area contributed by atoms with Gasteiger partial charge in [-0.25, -0.2) is 0 Å². The molecule has 2 N–H and O–H groups in total. The number of aromatic hydroxyl groups is 2. The van der Waals surface area contributed by atoms with Crippen molar-refractivity contribution < 1.29 is 24.8 Å². The van der Waals surface area contributed by atoms with Gasteiger partial charge in [-0.1, -0.05) is 0 Å². The highest BCUT2D eigenvalue weighted by atomic mass is 16.6. The normalized spacial score (nSPS) is 9.84. The zero-order valence-corrected chi connectivity index (χ0v) is 13.7. The van der Waals surface area contributed by atoms with Gasteiger partial charge in [0.15, 0.2) is 11.5 Å². The average Bonchev–Trinajstić information content (AvgIpc) is 2.55. The van der Waals surface area contributed by atoms with Gasteiger partial charge in [-0.3, -0.25) is 20.2 Å². The molecule has 2 rings (SSSR count). The quantitative estimate of drug-likeness (QED) is 0.620. The minimum absolute atomic E-state index is 0.387. The van der Waals surface area contributed by atoms with E-state index in [2.05, 4.69) is 0 Å². The van der Waals surface area contributed by atoms with Gasteiger partial charge in [0.25, 0.3) is 0 Å². The lowest BCUT2D eigenvalue weighted by Crippen LogP contribution is -1.90. The van der Waals surface area contributed by atoms with Crippen LogP contribution in [0.1, 0.15) is 13.8 Å². The van der Waals surface area contributed by atoms with Crippen LogP contribution in [-0.2, 0) is 4.74 Å². The van der Waals surface area contributed by atoms with Crippen LogP contribution in [0.15, 0.2) is 36.4 Å². The summed E-state index contributed by atoms with van der Waals surface area (Å²) in [7, 11) is 0. The van der Waals surface area contributed by atoms with E-state index in [1.165, 1.54) is 12.1 Å². The van der Waals surface area contributed by atoms with E-state index >= 15 is 0 Å². The molecule has 0 bridgehead atoms. The van der Waals surface area contributed by atoms with Crippen molar-refractivity contribution in [3.05, 3.63) is 56.6 Å². The summed E-state index contributed by atoms with van der Waals surface area (Å²) in [6.07, 6.45) is 0. The van der Waals surface area contributed by atoms with Gasteiger partial charge in [-0.15, -0.1) is 0 Å². The Morgan fingerprint density at radius 3 is 1.40 bits per heavy atom. The van der Waals surface area contributed by atoms with E-state index in [-0.39, 0.29) is 0 Å². The van der Waals surface area contributed by atoms with Crippen LogP contribution in [0.25, 0.3) is 11.1 Å². The highest BCUT2D eigenvalue weighted by molar-refractivity contribution is 5.71. The second-order valence-corrected chi connectivity index (χ2v) is 4.70. The zero-order valence-electron chi connectivity index (χ0n) is 13.7. The van der Waals surface area contributed by atoms with Gasteiger partial charge in [-0.2, -0.15) is 0 Å². The summed E-state index contributed by atoms with van der Waals surface area (Å²) in [6, 6.07) is 7.28. The molecule has 0 aromatic heterocycles. The van der Waals surface area contributed by atoms with Crippen molar-refractivity contribution in [1.82, 2.24) is 0 Å². The van der Waals surface area contributed by atoms with Crippen molar-refractivity contribution in [2.75, 3.05) is 13.2 Å². The lowest BCUT2D eigenvalue weighted by Gasteiger charge is -2.04. The molecule has 0 spiro atoms. The van der Waals surface area contributed by atoms with Crippen LogP contribution in [0.4, 0.5) is 11.4 Å². The van der Waals surface area contributed by atoms with Crippen LogP contribution in [0.3, 0.4) is 0 Å². The Hall–Kier alpha value is -3.20. The second-order valence-electron chi connectivity index (χ2n) is 4.70. The van der Waals surface area contributed by atoms with E-state index in [1.807, 2.05) is 13.8 Å². The van der Waals surface area contributed by atoms with E-state index in [0.717, 1.165) is 37.5 Å². The maximum absolute atomic E-state index is 10.6. The van der Waals surface area contributed by atoms with Crippen molar-refractivity contribution in [2.24, 2.45) is 0 Å². The Morgan fingerprint density at radius 2 is 1.20 bits per heavy atom. The standard InChI is InChI=1S/C12H8N2O6.C4H10O/c15-11-5-7(1-3-9(11)13(17)18)8-2-4-10(14(19)20)12(16)6-8;1-3-5-4-2/h1-6,15-16H;3-4H2,1-2H3. The Labute approximate surface area is 143 Å². The van der Waals surface area contributed by atoms with Crippen LogP contribution in [0.2, 0.25) is 0 Å². The molecular weight excluding hydrogens is 332 g/mol. The Balaban J connectivity index is 0.000000550. The topological polar surface area (TPSA) is 136 Å². The number of ether oxygens (including phenoxy) is 1. The molecule has 0 saturated carbocycles. The zero-order chi connectivity index (χ0) is 19.0. The molecule has 9 heteroatoms. The van der Waals surface area contributed by atoms with E-state index < -0.39 is 32.7 Å². The van der Waals surface area contributed by atoms with Gasteiger partial charge in [0.05, 0.1) is 9.85 Å². The molecule has 0 radical (unpaired) electrons. The number of phenolic OH excluding ortho intramolecular Hbond substituents is 2. The monoisotopic (exact) mass is 350 g/mol. The highest BCUT2D eigenvalue weighted by Crippen LogP contribution is 2.35. The first-order chi connectivity index (χ1) is 11.8. The predicted octanol–water partition coefficient (Wildman–Crippen LogP) is 3.62. The summed E-state index contributed by atoms with van der Waals surface area (Å²) >= 11 is 0. The molecule has 0 amide bonds. The maximum Gasteiger partial charge on any atom is 0.310 e. The van der Waals surface area contributed by atoms with Crippen LogP contribution < -0.4 is 0 Å². The summed E-state index contributed by atoms with van der Waals surface area (Å²) in [6.45, 7) is 5.67. The van der Waals surface area contributed by atoms with Gasteiger partial charge in [-0.05, 0) is 49.2 Å². The molecule has 0 aliphatic rings. The minimum Gasteiger partial charge on any atom is -0.502 e. The number of benzene rings is 2. The molecule has 0 fully saturated rings. The van der Waals surface area contributed by atoms with Gasteiger partial charge in [0.1, 0.15) is 0 Å². The van der Waals surface area contributed by atoms with E-state index in [9.17, 15) is 30.4 Å². The summed E-state index contributed by atoms with van der Waals surface area (Å²) in [4.78, 5) is 19.7. The van der Waals surface area contributed by atoms with Gasteiger partial charge in [0, 0.05) is 25.3 Å². The molecule has 0 unspecified atom stereocenters. The average molecular weight is 350 g/mol. The second kappa shape index (κ2) is 9.18.